The molecule has 0 saturated heterocycles. The van der Waals surface area contributed by atoms with Crippen LogP contribution >= 0.6 is 31.9 Å². The summed E-state index contributed by atoms with van der Waals surface area (Å²) in [5, 5.41) is 12.4. The van der Waals surface area contributed by atoms with Crippen molar-refractivity contribution in [3.63, 3.8) is 0 Å². The molecule has 6 nitrogen and oxygen atoms in total. The zero-order chi connectivity index (χ0) is 20.9. The zero-order valence-corrected chi connectivity index (χ0v) is 19.1. The van der Waals surface area contributed by atoms with Crippen LogP contribution in [0.3, 0.4) is 0 Å². The van der Waals surface area contributed by atoms with Crippen LogP contribution in [0, 0.1) is 11.8 Å². The molecule has 2 unspecified atom stereocenters. The van der Waals surface area contributed by atoms with E-state index in [1.165, 1.54) is 0 Å². The second-order valence-electron chi connectivity index (χ2n) is 7.16. The van der Waals surface area contributed by atoms with Crippen LogP contribution in [-0.4, -0.2) is 34.7 Å². The standard InChI is InChI=1S/C19H26Br2N2O4/c1-9(2)16(24)8-15(17(25)10(3)4)23-19(27)14(22)7-11-5-12(20)18(26)13(21)6-11/h5-6,9-10,14-15,26H,7-8,22H2,1-4H3,(H,23,27). The number of nitrogens with two attached hydrogens (primary N) is 1. The Labute approximate surface area is 176 Å². The van der Waals surface area contributed by atoms with E-state index in [4.69, 9.17) is 5.73 Å². The fraction of sp³-hybridized carbons (Fsp3) is 0.526. The lowest BCUT2D eigenvalue weighted by Crippen LogP contribution is -2.51. The number of hydrogen-bond acceptors (Lipinski definition) is 5. The number of halogens is 2. The van der Waals surface area contributed by atoms with Crippen LogP contribution in [-0.2, 0) is 20.8 Å². The van der Waals surface area contributed by atoms with Crippen molar-refractivity contribution in [2.75, 3.05) is 0 Å². The maximum Gasteiger partial charge on any atom is 0.237 e. The lowest BCUT2D eigenvalue weighted by atomic mass is 9.93. The van der Waals surface area contributed by atoms with Crippen molar-refractivity contribution in [2.45, 2.75) is 52.6 Å². The van der Waals surface area contributed by atoms with Crippen LogP contribution in [0.25, 0.3) is 0 Å². The van der Waals surface area contributed by atoms with E-state index in [-0.39, 0.29) is 42.0 Å². The molecule has 27 heavy (non-hydrogen) atoms. The molecule has 0 heterocycles. The maximum atomic E-state index is 12.5. The molecule has 0 radical (unpaired) electrons. The van der Waals surface area contributed by atoms with Crippen LogP contribution in [0.4, 0.5) is 0 Å². The average Bonchev–Trinajstić information content (AvgIpc) is 2.57. The molecule has 0 aliphatic carbocycles. The molecule has 0 bridgehead atoms. The molecule has 8 heteroatoms. The minimum atomic E-state index is -0.898. The summed E-state index contributed by atoms with van der Waals surface area (Å²) in [7, 11) is 0. The van der Waals surface area contributed by atoms with Gasteiger partial charge in [0, 0.05) is 18.3 Å². The van der Waals surface area contributed by atoms with Crippen molar-refractivity contribution in [1.29, 1.82) is 0 Å². The molecule has 4 N–H and O–H groups in total. The fourth-order valence-corrected chi connectivity index (χ4v) is 3.70. The molecule has 0 aliphatic heterocycles. The van der Waals surface area contributed by atoms with E-state index in [1.807, 2.05) is 0 Å². The van der Waals surface area contributed by atoms with Gasteiger partial charge >= 0.3 is 0 Å². The molecular formula is C19H26Br2N2O4. The Bertz CT molecular complexity index is 697. The van der Waals surface area contributed by atoms with E-state index in [2.05, 4.69) is 37.2 Å². The zero-order valence-electron chi connectivity index (χ0n) is 15.9. The normalized spacial score (nSPS) is 13.5. The number of aromatic hydroxyl groups is 1. The summed E-state index contributed by atoms with van der Waals surface area (Å²) < 4.78 is 0.963. The van der Waals surface area contributed by atoms with Crippen LogP contribution in [0.5, 0.6) is 5.75 Å². The largest absolute Gasteiger partial charge is 0.506 e. The Kier molecular flexibility index (Phi) is 9.11. The molecule has 1 aromatic rings. The number of hydrogen-bond donors (Lipinski definition) is 3. The first kappa shape index (κ1) is 23.8. The van der Waals surface area contributed by atoms with Gasteiger partial charge in [0.2, 0.25) is 5.91 Å². The summed E-state index contributed by atoms with van der Waals surface area (Å²) in [5.41, 5.74) is 6.74. The van der Waals surface area contributed by atoms with Crippen molar-refractivity contribution in [1.82, 2.24) is 5.32 Å². The number of benzene rings is 1. The molecule has 150 valence electrons. The Hall–Kier alpha value is -1.25. The third kappa shape index (κ3) is 7.01. The molecular weight excluding hydrogens is 480 g/mol. The van der Waals surface area contributed by atoms with Gasteiger partial charge in [0.1, 0.15) is 11.5 Å². The minimum Gasteiger partial charge on any atom is -0.506 e. The molecule has 1 aromatic carbocycles. The predicted molar refractivity (Wildman–Crippen MR) is 111 cm³/mol. The van der Waals surface area contributed by atoms with Crippen molar-refractivity contribution in [3.05, 3.63) is 26.6 Å². The number of phenolic OH excluding ortho intramolecular Hbond substituents is 1. The minimum absolute atomic E-state index is 0.0382. The number of carbonyl (C=O) groups is 3. The van der Waals surface area contributed by atoms with Gasteiger partial charge in [-0.2, -0.15) is 0 Å². The average molecular weight is 506 g/mol. The van der Waals surface area contributed by atoms with Crippen LogP contribution < -0.4 is 11.1 Å². The molecule has 1 amide bonds. The van der Waals surface area contributed by atoms with Gasteiger partial charge < -0.3 is 16.2 Å². The number of nitrogens with one attached hydrogen (secondary N) is 1. The molecule has 1 rings (SSSR count). The smallest absolute Gasteiger partial charge is 0.237 e. The second-order valence-corrected chi connectivity index (χ2v) is 8.87. The highest BCUT2D eigenvalue weighted by Crippen LogP contribution is 2.33. The first-order valence-electron chi connectivity index (χ1n) is 8.73. The summed E-state index contributed by atoms with van der Waals surface area (Å²) in [5.74, 6) is -1.24. The fourth-order valence-electron chi connectivity index (χ4n) is 2.42. The lowest BCUT2D eigenvalue weighted by Gasteiger charge is -2.22. The SMILES string of the molecule is CC(C)C(=O)CC(NC(=O)C(N)Cc1cc(Br)c(O)c(Br)c1)C(=O)C(C)C. The first-order chi connectivity index (χ1) is 12.4. The van der Waals surface area contributed by atoms with Gasteiger partial charge in [-0.15, -0.1) is 0 Å². The third-order valence-electron chi connectivity index (χ3n) is 4.15. The number of rotatable bonds is 9. The van der Waals surface area contributed by atoms with Crippen LogP contribution in [0.1, 0.15) is 39.7 Å². The first-order valence-corrected chi connectivity index (χ1v) is 10.3. The summed E-state index contributed by atoms with van der Waals surface area (Å²) in [4.78, 5) is 37.0. The Balaban J connectivity index is 2.87. The molecule has 0 spiro atoms. The summed E-state index contributed by atoms with van der Waals surface area (Å²) in [6, 6.07) is 1.57. The van der Waals surface area contributed by atoms with E-state index in [0.717, 1.165) is 5.56 Å². The van der Waals surface area contributed by atoms with E-state index in [1.54, 1.807) is 39.8 Å². The molecule has 0 saturated carbocycles. The number of ketones is 2. The number of carbonyl (C=O) groups excluding carboxylic acids is 3. The van der Waals surface area contributed by atoms with Gasteiger partial charge in [0.05, 0.1) is 21.0 Å². The number of Topliss-reactive ketones (excluding diaryl/α,β-unsaturated/α-hetero) is 2. The third-order valence-corrected chi connectivity index (χ3v) is 5.36. The highest BCUT2D eigenvalue weighted by atomic mass is 79.9. The summed E-state index contributed by atoms with van der Waals surface area (Å²) in [6.45, 7) is 6.97. The van der Waals surface area contributed by atoms with Gasteiger partial charge in [-0.3, -0.25) is 14.4 Å². The summed E-state index contributed by atoms with van der Waals surface area (Å²) >= 11 is 6.47. The molecule has 2 atom stereocenters. The van der Waals surface area contributed by atoms with Crippen molar-refractivity contribution in [2.24, 2.45) is 17.6 Å². The van der Waals surface area contributed by atoms with E-state index < -0.39 is 18.0 Å². The Morgan fingerprint density at radius 1 is 1.07 bits per heavy atom. The predicted octanol–water partition coefficient (Wildman–Crippen LogP) is 3.11. The highest BCUT2D eigenvalue weighted by Gasteiger charge is 2.28. The van der Waals surface area contributed by atoms with Gasteiger partial charge in [-0.05, 0) is 56.0 Å². The van der Waals surface area contributed by atoms with Gasteiger partial charge in [0.15, 0.2) is 5.78 Å². The van der Waals surface area contributed by atoms with E-state index >= 15 is 0 Å². The summed E-state index contributed by atoms with van der Waals surface area (Å²) in [6.07, 6.45) is 0.174. The van der Waals surface area contributed by atoms with E-state index in [9.17, 15) is 19.5 Å². The van der Waals surface area contributed by atoms with E-state index in [0.29, 0.717) is 8.95 Å². The highest BCUT2D eigenvalue weighted by molar-refractivity contribution is 9.11. The molecule has 0 aromatic heterocycles. The van der Waals surface area contributed by atoms with Crippen molar-refractivity contribution < 1.29 is 19.5 Å². The van der Waals surface area contributed by atoms with Gasteiger partial charge in [0.25, 0.3) is 0 Å². The Morgan fingerprint density at radius 3 is 2.04 bits per heavy atom. The monoisotopic (exact) mass is 504 g/mol. The van der Waals surface area contributed by atoms with Gasteiger partial charge in [-0.25, -0.2) is 0 Å². The Morgan fingerprint density at radius 2 is 1.59 bits per heavy atom. The molecule has 0 fully saturated rings. The second kappa shape index (κ2) is 10.3. The quantitative estimate of drug-likeness (QED) is 0.477. The van der Waals surface area contributed by atoms with Crippen LogP contribution in [0.15, 0.2) is 21.1 Å². The lowest BCUT2D eigenvalue weighted by molar-refractivity contribution is -0.132. The van der Waals surface area contributed by atoms with Gasteiger partial charge in [-0.1, -0.05) is 27.7 Å². The number of phenols is 1. The van der Waals surface area contributed by atoms with Crippen molar-refractivity contribution >= 4 is 49.3 Å². The molecule has 0 aliphatic rings. The topological polar surface area (TPSA) is 109 Å². The number of amides is 1. The van der Waals surface area contributed by atoms with Crippen molar-refractivity contribution in [3.8, 4) is 5.75 Å². The van der Waals surface area contributed by atoms with Crippen LogP contribution in [0.2, 0.25) is 0 Å². The maximum absolute atomic E-state index is 12.5.